The zero-order chi connectivity index (χ0) is 16.4. The number of carbonyl (C=O) groups is 1. The second kappa shape index (κ2) is 6.11. The lowest BCUT2D eigenvalue weighted by Crippen LogP contribution is -2.42. The highest BCUT2D eigenvalue weighted by atomic mass is 16.6. The summed E-state index contributed by atoms with van der Waals surface area (Å²) in [5, 5.41) is 14.2. The first-order valence-corrected chi connectivity index (χ1v) is 7.30. The van der Waals surface area contributed by atoms with Crippen LogP contribution in [0.25, 0.3) is 0 Å². The lowest BCUT2D eigenvalue weighted by Gasteiger charge is -2.32. The quantitative estimate of drug-likeness (QED) is 0.678. The summed E-state index contributed by atoms with van der Waals surface area (Å²) in [7, 11) is 1.71. The van der Waals surface area contributed by atoms with Crippen LogP contribution < -0.4 is 5.32 Å². The molecule has 23 heavy (non-hydrogen) atoms. The number of rotatable bonds is 4. The molecule has 3 heterocycles. The molecule has 1 saturated heterocycles. The molecule has 9 heteroatoms. The summed E-state index contributed by atoms with van der Waals surface area (Å²) in [6, 6.07) is 1.71. The number of carbonyl (C=O) groups excluding carboxylic acids is 1. The maximum Gasteiger partial charge on any atom is 0.406 e. The van der Waals surface area contributed by atoms with E-state index in [4.69, 9.17) is 4.42 Å². The van der Waals surface area contributed by atoms with Crippen LogP contribution in [-0.2, 0) is 7.05 Å². The summed E-state index contributed by atoms with van der Waals surface area (Å²) >= 11 is 0. The molecular weight excluding hydrogens is 302 g/mol. The van der Waals surface area contributed by atoms with Crippen molar-refractivity contribution in [2.75, 3.05) is 18.4 Å². The molecule has 0 unspecified atom stereocenters. The van der Waals surface area contributed by atoms with Crippen LogP contribution in [0.4, 0.5) is 11.6 Å². The SMILES string of the molecule is Cn1cnc([N+](=O)[O-])c1NC1CCN(C(=O)c2ccoc2)CC1. The van der Waals surface area contributed by atoms with Gasteiger partial charge in [0.05, 0.1) is 11.8 Å². The van der Waals surface area contributed by atoms with Gasteiger partial charge in [0.1, 0.15) is 6.26 Å². The molecule has 0 aromatic carbocycles. The molecule has 2 aromatic rings. The van der Waals surface area contributed by atoms with Crippen molar-refractivity contribution in [1.82, 2.24) is 14.5 Å². The first-order chi connectivity index (χ1) is 11.1. The van der Waals surface area contributed by atoms with Gasteiger partial charge in [-0.3, -0.25) is 9.36 Å². The monoisotopic (exact) mass is 319 g/mol. The van der Waals surface area contributed by atoms with Gasteiger partial charge in [0.15, 0.2) is 0 Å². The molecule has 0 atom stereocenters. The molecule has 1 fully saturated rings. The van der Waals surface area contributed by atoms with E-state index in [-0.39, 0.29) is 17.8 Å². The van der Waals surface area contributed by atoms with Gasteiger partial charge < -0.3 is 24.7 Å². The number of nitrogens with zero attached hydrogens (tertiary/aromatic N) is 4. The van der Waals surface area contributed by atoms with E-state index in [1.807, 2.05) is 0 Å². The molecule has 122 valence electrons. The number of nitro groups is 1. The number of aromatic nitrogens is 2. The van der Waals surface area contributed by atoms with Crippen LogP contribution in [0.1, 0.15) is 23.2 Å². The summed E-state index contributed by atoms with van der Waals surface area (Å²) in [5.41, 5.74) is 0.540. The van der Waals surface area contributed by atoms with Crippen LogP contribution >= 0.6 is 0 Å². The van der Waals surface area contributed by atoms with Crippen LogP contribution in [0.2, 0.25) is 0 Å². The Balaban J connectivity index is 1.61. The Morgan fingerprint density at radius 1 is 1.48 bits per heavy atom. The fourth-order valence-corrected chi connectivity index (χ4v) is 2.71. The fourth-order valence-electron chi connectivity index (χ4n) is 2.71. The Morgan fingerprint density at radius 2 is 2.22 bits per heavy atom. The van der Waals surface area contributed by atoms with Gasteiger partial charge in [0, 0.05) is 26.2 Å². The van der Waals surface area contributed by atoms with Crippen molar-refractivity contribution in [3.8, 4) is 0 Å². The summed E-state index contributed by atoms with van der Waals surface area (Å²) in [4.78, 5) is 28.3. The molecule has 0 aliphatic carbocycles. The largest absolute Gasteiger partial charge is 0.472 e. The highest BCUT2D eigenvalue weighted by Crippen LogP contribution is 2.25. The van der Waals surface area contributed by atoms with Crippen LogP contribution in [-0.4, -0.2) is 44.4 Å². The zero-order valence-electron chi connectivity index (χ0n) is 12.6. The van der Waals surface area contributed by atoms with E-state index in [0.29, 0.717) is 37.3 Å². The number of piperidine rings is 1. The lowest BCUT2D eigenvalue weighted by molar-refractivity contribution is -0.388. The number of hydrogen-bond acceptors (Lipinski definition) is 6. The standard InChI is InChI=1S/C14H17N5O4/c1-17-9-15-12(19(21)22)13(17)16-11-2-5-18(6-3-11)14(20)10-4-7-23-8-10/h4,7-9,11,16H,2-3,5-6H2,1H3. The Labute approximate surface area is 132 Å². The maximum absolute atomic E-state index is 12.2. The topological polar surface area (TPSA) is 106 Å². The van der Waals surface area contributed by atoms with Crippen molar-refractivity contribution < 1.29 is 14.1 Å². The fraction of sp³-hybridized carbons (Fsp3) is 0.429. The minimum absolute atomic E-state index is 0.0521. The van der Waals surface area contributed by atoms with Gasteiger partial charge >= 0.3 is 5.82 Å². The van der Waals surface area contributed by atoms with Crippen molar-refractivity contribution in [2.45, 2.75) is 18.9 Å². The Hall–Kier alpha value is -2.84. The molecule has 0 radical (unpaired) electrons. The van der Waals surface area contributed by atoms with Gasteiger partial charge in [0.25, 0.3) is 5.91 Å². The summed E-state index contributed by atoms with van der Waals surface area (Å²) in [5.74, 6) is 0.169. The first kappa shape index (κ1) is 15.1. The van der Waals surface area contributed by atoms with Crippen LogP contribution in [0.15, 0.2) is 29.3 Å². The van der Waals surface area contributed by atoms with E-state index in [2.05, 4.69) is 10.3 Å². The van der Waals surface area contributed by atoms with E-state index in [1.54, 1.807) is 22.6 Å². The van der Waals surface area contributed by atoms with Gasteiger partial charge in [0.2, 0.25) is 12.1 Å². The molecule has 1 N–H and O–H groups in total. The molecule has 3 rings (SSSR count). The smallest absolute Gasteiger partial charge is 0.406 e. The van der Waals surface area contributed by atoms with E-state index < -0.39 is 4.92 Å². The molecule has 1 aliphatic rings. The Bertz CT molecular complexity index is 701. The molecular formula is C14H17N5O4. The predicted molar refractivity (Wildman–Crippen MR) is 81.1 cm³/mol. The van der Waals surface area contributed by atoms with E-state index >= 15 is 0 Å². The second-order valence-corrected chi connectivity index (χ2v) is 5.51. The van der Waals surface area contributed by atoms with Crippen LogP contribution in [0.3, 0.4) is 0 Å². The minimum Gasteiger partial charge on any atom is -0.472 e. The Morgan fingerprint density at radius 3 is 2.83 bits per heavy atom. The van der Waals surface area contributed by atoms with Crippen molar-refractivity contribution in [3.05, 3.63) is 40.6 Å². The van der Waals surface area contributed by atoms with Gasteiger partial charge in [-0.25, -0.2) is 0 Å². The molecule has 9 nitrogen and oxygen atoms in total. The highest BCUT2D eigenvalue weighted by molar-refractivity contribution is 5.93. The van der Waals surface area contributed by atoms with E-state index in [0.717, 1.165) is 0 Å². The first-order valence-electron chi connectivity index (χ1n) is 7.30. The lowest BCUT2D eigenvalue weighted by atomic mass is 10.0. The summed E-state index contributed by atoms with van der Waals surface area (Å²) in [6.45, 7) is 1.18. The molecule has 1 amide bonds. The number of imidazole rings is 1. The average Bonchev–Trinajstić information content (AvgIpc) is 3.18. The number of aryl methyl sites for hydroxylation is 1. The number of amides is 1. The molecule has 0 bridgehead atoms. The number of anilines is 1. The molecule has 2 aromatic heterocycles. The van der Waals surface area contributed by atoms with Gasteiger partial charge in [-0.05, 0) is 28.8 Å². The normalized spacial score (nSPS) is 15.6. The van der Waals surface area contributed by atoms with Crippen molar-refractivity contribution in [1.29, 1.82) is 0 Å². The number of nitrogens with one attached hydrogen (secondary N) is 1. The molecule has 1 aliphatic heterocycles. The maximum atomic E-state index is 12.2. The third-order valence-electron chi connectivity index (χ3n) is 3.98. The van der Waals surface area contributed by atoms with Crippen molar-refractivity contribution >= 4 is 17.5 Å². The average molecular weight is 319 g/mol. The van der Waals surface area contributed by atoms with Crippen LogP contribution in [0, 0.1) is 10.1 Å². The van der Waals surface area contributed by atoms with Crippen molar-refractivity contribution in [3.63, 3.8) is 0 Å². The highest BCUT2D eigenvalue weighted by Gasteiger charge is 2.27. The second-order valence-electron chi connectivity index (χ2n) is 5.51. The zero-order valence-corrected chi connectivity index (χ0v) is 12.6. The summed E-state index contributed by atoms with van der Waals surface area (Å²) < 4.78 is 6.53. The van der Waals surface area contributed by atoms with Gasteiger partial charge in [-0.2, -0.15) is 0 Å². The minimum atomic E-state index is -0.500. The third-order valence-corrected chi connectivity index (χ3v) is 3.98. The predicted octanol–water partition coefficient (Wildman–Crippen LogP) is 1.64. The number of likely N-dealkylation sites (tertiary alicyclic amines) is 1. The Kier molecular flexibility index (Phi) is 4.00. The van der Waals surface area contributed by atoms with E-state index in [1.165, 1.54) is 18.9 Å². The van der Waals surface area contributed by atoms with Gasteiger partial charge in [-0.1, -0.05) is 0 Å². The number of hydrogen-bond donors (Lipinski definition) is 1. The van der Waals surface area contributed by atoms with Crippen molar-refractivity contribution in [2.24, 2.45) is 7.05 Å². The number of furan rings is 1. The third kappa shape index (κ3) is 3.03. The summed E-state index contributed by atoms with van der Waals surface area (Å²) in [6.07, 6.45) is 5.75. The molecule has 0 saturated carbocycles. The van der Waals surface area contributed by atoms with E-state index in [9.17, 15) is 14.9 Å². The molecule has 0 spiro atoms. The van der Waals surface area contributed by atoms with Gasteiger partial charge in [-0.15, -0.1) is 0 Å². The van der Waals surface area contributed by atoms with Crippen LogP contribution in [0.5, 0.6) is 0 Å².